The van der Waals surface area contributed by atoms with Gasteiger partial charge in [0, 0.05) is 10.9 Å². The van der Waals surface area contributed by atoms with Gasteiger partial charge >= 0.3 is 0 Å². The van der Waals surface area contributed by atoms with Crippen molar-refractivity contribution in [3.63, 3.8) is 0 Å². The van der Waals surface area contributed by atoms with E-state index >= 15 is 0 Å². The average molecular weight is 307 g/mol. The number of hydrogen-bond donors (Lipinski definition) is 1. The van der Waals surface area contributed by atoms with Crippen LogP contribution in [0.15, 0.2) is 46.9 Å². The topological polar surface area (TPSA) is 39.2 Å². The van der Waals surface area contributed by atoms with E-state index in [4.69, 9.17) is 10.2 Å². The fraction of sp³-hybridized carbons (Fsp3) is 0.333. The van der Waals surface area contributed by atoms with Crippen LogP contribution in [-0.2, 0) is 5.41 Å². The van der Waals surface area contributed by atoms with E-state index in [1.165, 1.54) is 11.1 Å². The van der Waals surface area contributed by atoms with E-state index in [0.717, 1.165) is 22.1 Å². The molecule has 0 unspecified atom stereocenters. The van der Waals surface area contributed by atoms with Crippen LogP contribution in [0, 0.1) is 12.8 Å². The van der Waals surface area contributed by atoms with Crippen LogP contribution in [-0.4, -0.2) is 0 Å². The van der Waals surface area contributed by atoms with Crippen molar-refractivity contribution in [2.24, 2.45) is 5.92 Å². The van der Waals surface area contributed by atoms with Gasteiger partial charge in [0.05, 0.1) is 5.56 Å². The summed E-state index contributed by atoms with van der Waals surface area (Å²) in [7, 11) is 0. The van der Waals surface area contributed by atoms with Crippen molar-refractivity contribution >= 4 is 16.9 Å². The Morgan fingerprint density at radius 1 is 1.04 bits per heavy atom. The van der Waals surface area contributed by atoms with E-state index < -0.39 is 0 Å². The third-order valence-electron chi connectivity index (χ3n) is 5.16. The zero-order chi connectivity index (χ0) is 16.8. The lowest BCUT2D eigenvalue weighted by Gasteiger charge is -2.30. The largest absolute Gasteiger partial charge is 0.440 e. The first-order valence-electron chi connectivity index (χ1n) is 8.21. The van der Waals surface area contributed by atoms with Crippen molar-refractivity contribution in [2.75, 3.05) is 5.73 Å². The first-order chi connectivity index (χ1) is 10.8. The predicted octanol–water partition coefficient (Wildman–Crippen LogP) is 5.92. The second-order valence-electron chi connectivity index (χ2n) is 7.27. The summed E-state index contributed by atoms with van der Waals surface area (Å²) in [6.45, 7) is 11.2. The number of hydrogen-bond acceptors (Lipinski definition) is 2. The van der Waals surface area contributed by atoms with Gasteiger partial charge in [-0.15, -0.1) is 0 Å². The molecule has 2 aromatic carbocycles. The lowest BCUT2D eigenvalue weighted by Crippen LogP contribution is -2.24. The van der Waals surface area contributed by atoms with Crippen molar-refractivity contribution in [2.45, 2.75) is 40.0 Å². The Hall–Kier alpha value is -2.22. The van der Waals surface area contributed by atoms with Gasteiger partial charge in [-0.3, -0.25) is 0 Å². The zero-order valence-corrected chi connectivity index (χ0v) is 14.6. The molecule has 0 aliphatic rings. The molecule has 3 rings (SSSR count). The van der Waals surface area contributed by atoms with Crippen LogP contribution in [0.5, 0.6) is 0 Å². The van der Waals surface area contributed by atoms with Crippen LogP contribution in [0.4, 0.5) is 5.88 Å². The van der Waals surface area contributed by atoms with Gasteiger partial charge in [0.2, 0.25) is 0 Å². The minimum absolute atomic E-state index is 0.0164. The van der Waals surface area contributed by atoms with Crippen molar-refractivity contribution in [1.29, 1.82) is 0 Å². The maximum atomic E-state index is 6.26. The van der Waals surface area contributed by atoms with E-state index in [0.29, 0.717) is 11.8 Å². The number of nitrogen functional groups attached to an aromatic ring is 1. The van der Waals surface area contributed by atoms with Crippen LogP contribution < -0.4 is 5.73 Å². The van der Waals surface area contributed by atoms with E-state index in [9.17, 15) is 0 Å². The second-order valence-corrected chi connectivity index (χ2v) is 7.27. The van der Waals surface area contributed by atoms with Gasteiger partial charge in [0.1, 0.15) is 5.58 Å². The number of benzene rings is 2. The molecular formula is C21H25NO. The maximum absolute atomic E-state index is 6.26. The lowest BCUT2D eigenvalue weighted by molar-refractivity contribution is 0.371. The molecule has 2 N–H and O–H groups in total. The fourth-order valence-electron chi connectivity index (χ4n) is 3.05. The molecule has 0 atom stereocenters. The summed E-state index contributed by atoms with van der Waals surface area (Å²) < 4.78 is 6.05. The number of fused-ring (bicyclic) bond motifs is 1. The quantitative estimate of drug-likeness (QED) is 0.652. The van der Waals surface area contributed by atoms with Crippen LogP contribution in [0.2, 0.25) is 0 Å². The molecule has 0 spiro atoms. The molecule has 1 aromatic heterocycles. The molecule has 3 aromatic rings. The van der Waals surface area contributed by atoms with Crippen LogP contribution in [0.1, 0.15) is 38.8 Å². The Morgan fingerprint density at radius 2 is 1.70 bits per heavy atom. The predicted molar refractivity (Wildman–Crippen MR) is 98.7 cm³/mol. The highest BCUT2D eigenvalue weighted by atomic mass is 16.3. The first-order valence-corrected chi connectivity index (χ1v) is 8.21. The SMILES string of the molecule is Cc1cc(C(C)(C)C(C)C)c2oc(N)c(-c3ccccc3)c2c1. The maximum Gasteiger partial charge on any atom is 0.199 e. The molecule has 1 heterocycles. The van der Waals surface area contributed by atoms with Gasteiger partial charge in [-0.05, 0) is 35.4 Å². The van der Waals surface area contributed by atoms with Crippen molar-refractivity contribution in [3.05, 3.63) is 53.6 Å². The standard InChI is InChI=1S/C21H25NO/c1-13(2)21(4,5)17-12-14(3)11-16-18(20(22)23-19(16)17)15-9-7-6-8-10-15/h6-13H,22H2,1-5H3. The molecule has 0 amide bonds. The Balaban J connectivity index is 2.36. The van der Waals surface area contributed by atoms with Crippen molar-refractivity contribution in [1.82, 2.24) is 0 Å². The summed E-state index contributed by atoms with van der Waals surface area (Å²) >= 11 is 0. The Kier molecular flexibility index (Phi) is 3.71. The summed E-state index contributed by atoms with van der Waals surface area (Å²) in [4.78, 5) is 0. The lowest BCUT2D eigenvalue weighted by atomic mass is 9.74. The molecule has 2 nitrogen and oxygen atoms in total. The van der Waals surface area contributed by atoms with Crippen molar-refractivity contribution in [3.8, 4) is 11.1 Å². The summed E-state index contributed by atoms with van der Waals surface area (Å²) in [6, 6.07) is 14.6. The minimum atomic E-state index is 0.0164. The number of anilines is 1. The Labute approximate surface area is 138 Å². The molecule has 0 saturated heterocycles. The molecule has 0 bridgehead atoms. The number of nitrogens with two attached hydrogens (primary N) is 1. The Morgan fingerprint density at radius 3 is 2.30 bits per heavy atom. The number of furan rings is 1. The monoisotopic (exact) mass is 307 g/mol. The first kappa shape index (κ1) is 15.7. The van der Waals surface area contributed by atoms with Gasteiger partial charge < -0.3 is 10.2 Å². The third-order valence-corrected chi connectivity index (χ3v) is 5.16. The molecular weight excluding hydrogens is 282 g/mol. The van der Waals surface area contributed by atoms with E-state index in [2.05, 4.69) is 58.9 Å². The summed E-state index contributed by atoms with van der Waals surface area (Å²) in [5.74, 6) is 0.997. The van der Waals surface area contributed by atoms with Crippen LogP contribution in [0.3, 0.4) is 0 Å². The van der Waals surface area contributed by atoms with Crippen LogP contribution >= 0.6 is 0 Å². The Bertz CT molecular complexity index is 841. The van der Waals surface area contributed by atoms with E-state index in [-0.39, 0.29) is 5.41 Å². The summed E-state index contributed by atoms with van der Waals surface area (Å²) in [6.07, 6.45) is 0. The molecule has 0 aliphatic carbocycles. The fourth-order valence-corrected chi connectivity index (χ4v) is 3.05. The van der Waals surface area contributed by atoms with E-state index in [1.807, 2.05) is 18.2 Å². The highest BCUT2D eigenvalue weighted by Gasteiger charge is 2.30. The zero-order valence-electron chi connectivity index (χ0n) is 14.6. The molecule has 2 heteroatoms. The van der Waals surface area contributed by atoms with Gasteiger partial charge in [0.15, 0.2) is 5.88 Å². The van der Waals surface area contributed by atoms with Gasteiger partial charge in [-0.2, -0.15) is 0 Å². The second kappa shape index (κ2) is 5.45. The highest BCUT2D eigenvalue weighted by molar-refractivity contribution is 6.01. The average Bonchev–Trinajstić information content (AvgIpc) is 2.82. The normalized spacial score (nSPS) is 12.3. The molecule has 0 saturated carbocycles. The summed E-state index contributed by atoms with van der Waals surface area (Å²) in [5.41, 5.74) is 11.8. The number of aryl methyl sites for hydroxylation is 1. The molecule has 0 radical (unpaired) electrons. The molecule has 23 heavy (non-hydrogen) atoms. The summed E-state index contributed by atoms with van der Waals surface area (Å²) in [5, 5.41) is 1.11. The van der Waals surface area contributed by atoms with E-state index in [1.54, 1.807) is 0 Å². The molecule has 120 valence electrons. The van der Waals surface area contributed by atoms with Gasteiger partial charge in [-0.25, -0.2) is 0 Å². The highest BCUT2D eigenvalue weighted by Crippen LogP contribution is 2.43. The van der Waals surface area contributed by atoms with Crippen molar-refractivity contribution < 1.29 is 4.42 Å². The number of rotatable bonds is 3. The smallest absolute Gasteiger partial charge is 0.199 e. The van der Waals surface area contributed by atoms with Gasteiger partial charge in [0.25, 0.3) is 0 Å². The minimum Gasteiger partial charge on any atom is -0.440 e. The van der Waals surface area contributed by atoms with Gasteiger partial charge in [-0.1, -0.05) is 64.1 Å². The molecule has 0 fully saturated rings. The van der Waals surface area contributed by atoms with Crippen LogP contribution in [0.25, 0.3) is 22.1 Å². The molecule has 0 aliphatic heterocycles. The third kappa shape index (κ3) is 2.52.